The Hall–Kier alpha value is -2.43. The minimum Gasteiger partial charge on any atom is -0.497 e. The van der Waals surface area contributed by atoms with Crippen LogP contribution in [-0.4, -0.2) is 43.3 Å². The van der Waals surface area contributed by atoms with Gasteiger partial charge < -0.3 is 9.47 Å². The molecule has 1 fully saturated rings. The summed E-state index contributed by atoms with van der Waals surface area (Å²) in [6.45, 7) is 5.09. The fourth-order valence-electron chi connectivity index (χ4n) is 4.07. The molecular formula is C24H28N2O2. The zero-order valence-electron chi connectivity index (χ0n) is 16.9. The molecule has 3 aromatic rings. The summed E-state index contributed by atoms with van der Waals surface area (Å²) in [5.74, 6) is 0.835. The quantitative estimate of drug-likeness (QED) is 0.639. The van der Waals surface area contributed by atoms with Crippen molar-refractivity contribution >= 4 is 10.9 Å². The van der Waals surface area contributed by atoms with E-state index in [9.17, 15) is 0 Å². The number of aryl methyl sites for hydroxylation is 1. The van der Waals surface area contributed by atoms with Gasteiger partial charge in [-0.15, -0.1) is 0 Å². The Kier molecular flexibility index (Phi) is 5.60. The van der Waals surface area contributed by atoms with Crippen molar-refractivity contribution in [2.75, 3.05) is 27.3 Å². The van der Waals surface area contributed by atoms with Gasteiger partial charge in [0.25, 0.3) is 0 Å². The number of hydrogen-bond donors (Lipinski definition) is 0. The fourth-order valence-corrected chi connectivity index (χ4v) is 4.07. The molecule has 0 saturated carbocycles. The minimum absolute atomic E-state index is 0.328. The van der Waals surface area contributed by atoms with Gasteiger partial charge in [0, 0.05) is 37.2 Å². The van der Waals surface area contributed by atoms with Crippen LogP contribution in [0.2, 0.25) is 0 Å². The first-order valence-corrected chi connectivity index (χ1v) is 9.96. The van der Waals surface area contributed by atoms with E-state index in [1.54, 1.807) is 7.11 Å². The van der Waals surface area contributed by atoms with Crippen molar-refractivity contribution in [2.24, 2.45) is 0 Å². The molecule has 2 aromatic carbocycles. The molecule has 4 heteroatoms. The maximum atomic E-state index is 5.61. The lowest BCUT2D eigenvalue weighted by molar-refractivity contribution is 0.0286. The van der Waals surface area contributed by atoms with E-state index >= 15 is 0 Å². The number of ether oxygens (including phenoxy) is 2. The van der Waals surface area contributed by atoms with E-state index in [-0.39, 0.29) is 0 Å². The Labute approximate surface area is 167 Å². The van der Waals surface area contributed by atoms with E-state index in [1.807, 2.05) is 19.2 Å². The summed E-state index contributed by atoms with van der Waals surface area (Å²) in [4.78, 5) is 7.55. The van der Waals surface area contributed by atoms with Gasteiger partial charge in [0.1, 0.15) is 5.75 Å². The molecule has 4 nitrogen and oxygen atoms in total. The number of nitrogens with zero attached hydrogens (tertiary/aromatic N) is 2. The van der Waals surface area contributed by atoms with Gasteiger partial charge in [-0.05, 0) is 56.1 Å². The van der Waals surface area contributed by atoms with Gasteiger partial charge in [0.15, 0.2) is 0 Å². The zero-order chi connectivity index (χ0) is 19.5. The van der Waals surface area contributed by atoms with Crippen molar-refractivity contribution in [3.63, 3.8) is 0 Å². The number of piperidine rings is 1. The largest absolute Gasteiger partial charge is 0.497 e. The van der Waals surface area contributed by atoms with Crippen LogP contribution in [0.1, 0.15) is 24.0 Å². The number of likely N-dealkylation sites (tertiary alicyclic amines) is 1. The van der Waals surface area contributed by atoms with Crippen LogP contribution in [0.15, 0.2) is 48.5 Å². The first kappa shape index (κ1) is 18.9. The third-order valence-electron chi connectivity index (χ3n) is 5.58. The summed E-state index contributed by atoms with van der Waals surface area (Å²) >= 11 is 0. The Morgan fingerprint density at radius 3 is 2.79 bits per heavy atom. The molecule has 0 bridgehead atoms. The first-order chi connectivity index (χ1) is 13.7. The van der Waals surface area contributed by atoms with Crippen LogP contribution in [0.25, 0.3) is 22.2 Å². The average Bonchev–Trinajstić information content (AvgIpc) is 2.73. The molecule has 146 valence electrons. The number of rotatable bonds is 5. The van der Waals surface area contributed by atoms with E-state index in [4.69, 9.17) is 14.5 Å². The highest BCUT2D eigenvalue weighted by Gasteiger charge is 2.21. The molecule has 0 N–H and O–H groups in total. The summed E-state index contributed by atoms with van der Waals surface area (Å²) in [6, 6.07) is 17.0. The maximum Gasteiger partial charge on any atom is 0.121 e. The van der Waals surface area contributed by atoms with Gasteiger partial charge in [-0.3, -0.25) is 4.90 Å². The molecule has 2 heterocycles. The van der Waals surface area contributed by atoms with Crippen LogP contribution in [0, 0.1) is 6.92 Å². The molecule has 1 atom stereocenters. The van der Waals surface area contributed by atoms with E-state index in [1.165, 1.54) is 23.1 Å². The molecule has 0 radical (unpaired) electrons. The zero-order valence-corrected chi connectivity index (χ0v) is 16.9. The topological polar surface area (TPSA) is 34.6 Å². The second kappa shape index (κ2) is 8.29. The highest BCUT2D eigenvalue weighted by Crippen LogP contribution is 2.30. The van der Waals surface area contributed by atoms with E-state index in [2.05, 4.69) is 48.2 Å². The SMILES string of the molecule is COc1ccc2cc(CN3CCCC(OC)C3)c(-c3cccc(C)c3)nc2c1. The van der Waals surface area contributed by atoms with Gasteiger partial charge in [0.2, 0.25) is 0 Å². The highest BCUT2D eigenvalue weighted by molar-refractivity contribution is 5.84. The minimum atomic E-state index is 0.328. The molecule has 0 spiro atoms. The van der Waals surface area contributed by atoms with Gasteiger partial charge in [0.05, 0.1) is 24.4 Å². The van der Waals surface area contributed by atoms with Gasteiger partial charge >= 0.3 is 0 Å². The summed E-state index contributed by atoms with van der Waals surface area (Å²) in [5.41, 5.74) is 5.70. The predicted molar refractivity (Wildman–Crippen MR) is 114 cm³/mol. The van der Waals surface area contributed by atoms with Crippen LogP contribution in [0.4, 0.5) is 0 Å². The van der Waals surface area contributed by atoms with Crippen LogP contribution in [0.5, 0.6) is 5.75 Å². The Bertz CT molecular complexity index is 970. The first-order valence-electron chi connectivity index (χ1n) is 9.96. The molecule has 1 aromatic heterocycles. The third-order valence-corrected chi connectivity index (χ3v) is 5.58. The summed E-state index contributed by atoms with van der Waals surface area (Å²) in [5, 5.41) is 1.15. The summed E-state index contributed by atoms with van der Waals surface area (Å²) in [6.07, 6.45) is 2.65. The number of fused-ring (bicyclic) bond motifs is 1. The Morgan fingerprint density at radius 1 is 1.11 bits per heavy atom. The van der Waals surface area contributed by atoms with Crippen LogP contribution < -0.4 is 4.74 Å². The van der Waals surface area contributed by atoms with Crippen molar-refractivity contribution in [1.29, 1.82) is 0 Å². The Morgan fingerprint density at radius 2 is 2.00 bits per heavy atom. The predicted octanol–water partition coefficient (Wildman–Crippen LogP) is 4.83. The lowest BCUT2D eigenvalue weighted by Crippen LogP contribution is -2.38. The standard InChI is InChI=1S/C24H28N2O2/c1-17-6-4-7-19(12-17)24-20(15-26-11-5-8-22(16-26)28-3)13-18-9-10-21(27-2)14-23(18)25-24/h4,6-7,9-10,12-14,22H,5,8,11,15-16H2,1-3H3. The van der Waals surface area contributed by atoms with E-state index in [0.29, 0.717) is 6.10 Å². The molecule has 1 saturated heterocycles. The smallest absolute Gasteiger partial charge is 0.121 e. The summed E-state index contributed by atoms with van der Waals surface area (Å²) in [7, 11) is 3.51. The fraction of sp³-hybridized carbons (Fsp3) is 0.375. The third kappa shape index (κ3) is 4.03. The molecule has 4 rings (SSSR count). The van der Waals surface area contributed by atoms with Crippen molar-refractivity contribution in [1.82, 2.24) is 9.88 Å². The number of benzene rings is 2. The second-order valence-electron chi connectivity index (χ2n) is 7.66. The van der Waals surface area contributed by atoms with Crippen molar-refractivity contribution < 1.29 is 9.47 Å². The average molecular weight is 377 g/mol. The van der Waals surface area contributed by atoms with Crippen molar-refractivity contribution in [2.45, 2.75) is 32.4 Å². The van der Waals surface area contributed by atoms with Gasteiger partial charge in [-0.2, -0.15) is 0 Å². The van der Waals surface area contributed by atoms with E-state index in [0.717, 1.165) is 48.4 Å². The molecule has 28 heavy (non-hydrogen) atoms. The highest BCUT2D eigenvalue weighted by atomic mass is 16.5. The number of hydrogen-bond acceptors (Lipinski definition) is 4. The van der Waals surface area contributed by atoms with Gasteiger partial charge in [-0.1, -0.05) is 23.8 Å². The second-order valence-corrected chi connectivity index (χ2v) is 7.66. The molecule has 0 aliphatic carbocycles. The molecule has 1 aliphatic heterocycles. The molecule has 0 amide bonds. The molecular weight excluding hydrogens is 348 g/mol. The normalized spacial score (nSPS) is 17.8. The molecule has 1 unspecified atom stereocenters. The summed E-state index contributed by atoms with van der Waals surface area (Å²) < 4.78 is 11.0. The number of pyridine rings is 1. The monoisotopic (exact) mass is 376 g/mol. The van der Waals surface area contributed by atoms with Crippen LogP contribution in [-0.2, 0) is 11.3 Å². The van der Waals surface area contributed by atoms with Crippen molar-refractivity contribution in [3.05, 3.63) is 59.7 Å². The lowest BCUT2D eigenvalue weighted by atomic mass is 10.00. The lowest BCUT2D eigenvalue weighted by Gasteiger charge is -2.32. The van der Waals surface area contributed by atoms with Crippen LogP contribution >= 0.6 is 0 Å². The number of methoxy groups -OCH3 is 2. The van der Waals surface area contributed by atoms with Crippen LogP contribution in [0.3, 0.4) is 0 Å². The van der Waals surface area contributed by atoms with Crippen molar-refractivity contribution in [3.8, 4) is 17.0 Å². The Balaban J connectivity index is 1.77. The van der Waals surface area contributed by atoms with Gasteiger partial charge in [-0.25, -0.2) is 4.98 Å². The van der Waals surface area contributed by atoms with E-state index < -0.39 is 0 Å². The number of aromatic nitrogens is 1. The molecule has 1 aliphatic rings. The maximum absolute atomic E-state index is 5.61.